The first-order chi connectivity index (χ1) is 15.2. The molecule has 0 saturated heterocycles. The maximum Gasteiger partial charge on any atom is 1.00 e. The molecule has 2 unspecified atom stereocenters. The minimum absolute atomic E-state index is 0. The number of aliphatic hydroxyl groups is 2. The van der Waals surface area contributed by atoms with Crippen molar-refractivity contribution in [1.82, 2.24) is 0 Å². The van der Waals surface area contributed by atoms with Crippen molar-refractivity contribution in [3.8, 4) is 16.9 Å². The topological polar surface area (TPSA) is 99.1 Å². The summed E-state index contributed by atoms with van der Waals surface area (Å²) in [5, 5.41) is 30.6. The van der Waals surface area contributed by atoms with Gasteiger partial charge in [-0.15, -0.1) is 0 Å². The molecular weight excluding hydrogens is 438 g/mol. The summed E-state index contributed by atoms with van der Waals surface area (Å²) in [5.74, 6) is -0.967. The number of ether oxygens (including phenoxy) is 2. The summed E-state index contributed by atoms with van der Waals surface area (Å²) < 4.78 is 24.4. The normalized spacial score (nSPS) is 13.1. The zero-order chi connectivity index (χ0) is 23.7. The maximum atomic E-state index is 13.5. The third-order valence-corrected chi connectivity index (χ3v) is 4.92. The number of aliphatic hydroxyl groups excluding tert-OH is 2. The Hall–Kier alpha value is -1.74. The van der Waals surface area contributed by atoms with Crippen LogP contribution in [0.4, 0.5) is 4.39 Å². The van der Waals surface area contributed by atoms with E-state index in [1.165, 1.54) is 18.2 Å². The molecule has 2 rings (SSSR count). The van der Waals surface area contributed by atoms with E-state index in [9.17, 15) is 24.5 Å². The molecule has 6 nitrogen and oxygen atoms in total. The second-order valence-electron chi connectivity index (χ2n) is 7.87. The van der Waals surface area contributed by atoms with Gasteiger partial charge in [-0.05, 0) is 52.4 Å². The number of carboxylic acids is 1. The van der Waals surface area contributed by atoms with Crippen LogP contribution in [0.3, 0.4) is 0 Å². The Balaban J connectivity index is 0.00000544. The fourth-order valence-corrected chi connectivity index (χ4v) is 3.35. The first kappa shape index (κ1) is 29.3. The summed E-state index contributed by atoms with van der Waals surface area (Å²) >= 11 is 0. The Kier molecular flexibility index (Phi) is 12.9. The van der Waals surface area contributed by atoms with E-state index in [-0.39, 0.29) is 47.7 Å². The second kappa shape index (κ2) is 14.5. The summed E-state index contributed by atoms with van der Waals surface area (Å²) in [6.45, 7) is 4.87. The quantitative estimate of drug-likeness (QED) is 0.334. The standard InChI is InChI=1S/C25H31FO6.Na/c1-16(2)23-14-21(32-11-10-31-3)15-24(17-4-6-18(26)7-5-17)22(23)9-8-19(27)12-20(28)13-25(29)30;/h4-9,14-16,19-20,27-28H,10-13H2,1-3H3,(H,29,30);/q;+1/p-1/b9-8+;. The molecule has 2 atom stereocenters. The molecule has 2 aromatic rings. The van der Waals surface area contributed by atoms with Crippen molar-refractivity contribution >= 4 is 12.0 Å². The van der Waals surface area contributed by atoms with Crippen molar-refractivity contribution in [2.75, 3.05) is 20.3 Å². The fourth-order valence-electron chi connectivity index (χ4n) is 3.35. The molecule has 0 aliphatic heterocycles. The van der Waals surface area contributed by atoms with Crippen LogP contribution in [0.5, 0.6) is 5.75 Å². The van der Waals surface area contributed by atoms with Gasteiger partial charge in [0, 0.05) is 25.9 Å². The average molecular weight is 468 g/mol. The molecule has 0 fully saturated rings. The van der Waals surface area contributed by atoms with E-state index in [4.69, 9.17) is 9.47 Å². The number of hydrogen-bond acceptors (Lipinski definition) is 6. The van der Waals surface area contributed by atoms with Crippen LogP contribution in [0.15, 0.2) is 42.5 Å². The number of rotatable bonds is 12. The third-order valence-electron chi connectivity index (χ3n) is 4.92. The second-order valence-corrected chi connectivity index (χ2v) is 7.87. The Bertz CT molecular complexity index is 914. The summed E-state index contributed by atoms with van der Waals surface area (Å²) in [5.41, 5.74) is 3.34. The SMILES string of the molecule is COCCOc1cc(-c2ccc(F)cc2)c(/C=C/C(O)CC(O)CC(=O)[O-])c(C(C)C)c1.[Na+]. The van der Waals surface area contributed by atoms with Gasteiger partial charge in [-0.1, -0.05) is 38.1 Å². The smallest absolute Gasteiger partial charge is 0.550 e. The number of carbonyl (C=O) groups excluding carboxylic acids is 1. The number of halogens is 1. The van der Waals surface area contributed by atoms with E-state index in [2.05, 4.69) is 0 Å². The fraction of sp³-hybridized carbons (Fsp3) is 0.400. The van der Waals surface area contributed by atoms with E-state index in [1.54, 1.807) is 25.3 Å². The zero-order valence-corrected chi connectivity index (χ0v) is 21.6. The van der Waals surface area contributed by atoms with Gasteiger partial charge in [0.1, 0.15) is 18.2 Å². The van der Waals surface area contributed by atoms with Crippen molar-refractivity contribution in [3.05, 3.63) is 59.4 Å². The molecule has 0 heterocycles. The monoisotopic (exact) mass is 468 g/mol. The van der Waals surface area contributed by atoms with Gasteiger partial charge in [-0.3, -0.25) is 0 Å². The predicted octanol–water partition coefficient (Wildman–Crippen LogP) is -0.0896. The van der Waals surface area contributed by atoms with Gasteiger partial charge < -0.3 is 29.6 Å². The Morgan fingerprint density at radius 1 is 1.15 bits per heavy atom. The van der Waals surface area contributed by atoms with Crippen LogP contribution in [-0.2, 0) is 9.53 Å². The molecule has 33 heavy (non-hydrogen) atoms. The molecule has 0 bridgehead atoms. The molecule has 0 aromatic heterocycles. The molecule has 0 aliphatic carbocycles. The van der Waals surface area contributed by atoms with Crippen molar-refractivity contribution in [3.63, 3.8) is 0 Å². The van der Waals surface area contributed by atoms with Crippen LogP contribution in [0.25, 0.3) is 17.2 Å². The van der Waals surface area contributed by atoms with Crippen molar-refractivity contribution < 1.29 is 63.5 Å². The number of benzene rings is 2. The molecule has 2 N–H and O–H groups in total. The molecular formula is C25H30FNaO6. The van der Waals surface area contributed by atoms with Gasteiger partial charge in [0.2, 0.25) is 0 Å². The van der Waals surface area contributed by atoms with Gasteiger partial charge in [0.15, 0.2) is 0 Å². The first-order valence-electron chi connectivity index (χ1n) is 10.5. The van der Waals surface area contributed by atoms with E-state index >= 15 is 0 Å². The van der Waals surface area contributed by atoms with Crippen LogP contribution in [0.1, 0.15) is 43.7 Å². The Morgan fingerprint density at radius 2 is 1.82 bits per heavy atom. The number of aliphatic carboxylic acids is 1. The number of methoxy groups -OCH3 is 1. The van der Waals surface area contributed by atoms with Crippen LogP contribution in [0, 0.1) is 5.82 Å². The molecule has 0 saturated carbocycles. The number of hydrogen-bond donors (Lipinski definition) is 2. The molecule has 0 spiro atoms. The molecule has 8 heteroatoms. The molecule has 2 aromatic carbocycles. The van der Waals surface area contributed by atoms with E-state index in [0.29, 0.717) is 19.0 Å². The van der Waals surface area contributed by atoms with Gasteiger partial charge in [-0.2, -0.15) is 0 Å². The van der Waals surface area contributed by atoms with Crippen LogP contribution >= 0.6 is 0 Å². The van der Waals surface area contributed by atoms with E-state index < -0.39 is 24.6 Å². The molecule has 0 amide bonds. The minimum atomic E-state index is -1.38. The van der Waals surface area contributed by atoms with Crippen LogP contribution in [0.2, 0.25) is 0 Å². The zero-order valence-electron chi connectivity index (χ0n) is 19.6. The summed E-state index contributed by atoms with van der Waals surface area (Å²) in [7, 11) is 1.59. The van der Waals surface area contributed by atoms with E-state index in [0.717, 1.165) is 22.3 Å². The number of carbonyl (C=O) groups is 1. The Labute approximate surface area is 216 Å². The van der Waals surface area contributed by atoms with Gasteiger partial charge in [0.05, 0.1) is 18.8 Å². The Morgan fingerprint density at radius 3 is 2.39 bits per heavy atom. The van der Waals surface area contributed by atoms with Crippen LogP contribution < -0.4 is 39.4 Å². The van der Waals surface area contributed by atoms with Crippen LogP contribution in [-0.4, -0.2) is 48.7 Å². The van der Waals surface area contributed by atoms with Crippen molar-refractivity contribution in [1.29, 1.82) is 0 Å². The van der Waals surface area contributed by atoms with E-state index in [1.807, 2.05) is 26.0 Å². The first-order valence-corrected chi connectivity index (χ1v) is 10.5. The third kappa shape index (κ3) is 9.57. The molecule has 0 radical (unpaired) electrons. The molecule has 174 valence electrons. The summed E-state index contributed by atoms with van der Waals surface area (Å²) in [4.78, 5) is 10.6. The van der Waals surface area contributed by atoms with Crippen molar-refractivity contribution in [2.45, 2.75) is 44.8 Å². The summed E-state index contributed by atoms with van der Waals surface area (Å²) in [6, 6.07) is 9.87. The summed E-state index contributed by atoms with van der Waals surface area (Å²) in [6.07, 6.45) is 0.310. The van der Waals surface area contributed by atoms with Crippen molar-refractivity contribution in [2.24, 2.45) is 0 Å². The molecule has 0 aliphatic rings. The number of carboxylic acid groups (broad SMARTS) is 1. The average Bonchev–Trinajstić information content (AvgIpc) is 2.72. The van der Waals surface area contributed by atoms with Gasteiger partial charge >= 0.3 is 29.6 Å². The predicted molar refractivity (Wildman–Crippen MR) is 119 cm³/mol. The maximum absolute atomic E-state index is 13.5. The largest absolute Gasteiger partial charge is 1.00 e. The minimum Gasteiger partial charge on any atom is -0.550 e. The van der Waals surface area contributed by atoms with Gasteiger partial charge in [0.25, 0.3) is 0 Å². The van der Waals surface area contributed by atoms with Gasteiger partial charge in [-0.25, -0.2) is 4.39 Å².